The van der Waals surface area contributed by atoms with Crippen LogP contribution in [-0.2, 0) is 0 Å². The maximum absolute atomic E-state index is 12.5. The number of aromatic nitrogens is 1. The summed E-state index contributed by atoms with van der Waals surface area (Å²) in [5.74, 6) is 0.402. The number of halogens is 3. The predicted molar refractivity (Wildman–Crippen MR) is 143 cm³/mol. The van der Waals surface area contributed by atoms with E-state index in [1.54, 1.807) is 30.3 Å². The minimum absolute atomic E-state index is 0.0517. The van der Waals surface area contributed by atoms with Gasteiger partial charge in [-0.2, -0.15) is 0 Å². The summed E-state index contributed by atoms with van der Waals surface area (Å²) in [6, 6.07) is 15.9. The van der Waals surface area contributed by atoms with Crippen molar-refractivity contribution in [3.63, 3.8) is 0 Å². The molecule has 2 N–H and O–H groups in total. The van der Waals surface area contributed by atoms with Crippen molar-refractivity contribution < 1.29 is 9.21 Å². The molecule has 1 atom stereocenters. The van der Waals surface area contributed by atoms with Crippen molar-refractivity contribution in [2.75, 3.05) is 5.32 Å². The summed E-state index contributed by atoms with van der Waals surface area (Å²) in [5, 5.41) is 6.64. The lowest BCUT2D eigenvalue weighted by atomic mass is 9.98. The second-order valence-electron chi connectivity index (χ2n) is 7.78. The van der Waals surface area contributed by atoms with Crippen LogP contribution in [0.25, 0.3) is 22.6 Å². The minimum atomic E-state index is -0.492. The molecule has 0 aliphatic carbocycles. The maximum atomic E-state index is 12.5. The molecule has 0 aliphatic rings. The van der Waals surface area contributed by atoms with Gasteiger partial charge < -0.3 is 9.73 Å². The fraction of sp³-hybridized carbons (Fsp3) is 0.160. The normalized spacial score (nSPS) is 11.9. The van der Waals surface area contributed by atoms with Crippen molar-refractivity contribution in [2.45, 2.75) is 26.2 Å². The molecule has 4 aromatic rings. The largest absolute Gasteiger partial charge is 0.436 e. The molecule has 1 amide bonds. The fourth-order valence-corrected chi connectivity index (χ4v) is 4.10. The monoisotopic (exact) mass is 531 g/mol. The van der Waals surface area contributed by atoms with Crippen LogP contribution < -0.4 is 10.6 Å². The number of amides is 1. The summed E-state index contributed by atoms with van der Waals surface area (Å²) in [7, 11) is 0. The van der Waals surface area contributed by atoms with Crippen molar-refractivity contribution in [1.29, 1.82) is 0 Å². The van der Waals surface area contributed by atoms with Crippen LogP contribution in [0.2, 0.25) is 15.1 Å². The van der Waals surface area contributed by atoms with Gasteiger partial charge in [0.25, 0.3) is 5.91 Å². The zero-order chi connectivity index (χ0) is 24.4. The molecule has 0 fully saturated rings. The first-order chi connectivity index (χ1) is 16.2. The van der Waals surface area contributed by atoms with Gasteiger partial charge in [-0.3, -0.25) is 10.1 Å². The van der Waals surface area contributed by atoms with Crippen LogP contribution in [0.15, 0.2) is 59.0 Å². The molecule has 5 nitrogen and oxygen atoms in total. The van der Waals surface area contributed by atoms with Crippen molar-refractivity contribution in [2.24, 2.45) is 0 Å². The molecular formula is C25H20Cl3N3O2S. The van der Waals surface area contributed by atoms with Gasteiger partial charge >= 0.3 is 0 Å². The SMILES string of the molecule is CC[C@@H](C)c1ccc2oc(-c3ccc(Cl)c(NC(=S)NC(=O)c4cc(Cl)ccc4Cl)c3)nc2c1. The molecule has 34 heavy (non-hydrogen) atoms. The number of hydrogen-bond acceptors (Lipinski definition) is 4. The van der Waals surface area contributed by atoms with Gasteiger partial charge in [0.2, 0.25) is 5.89 Å². The Morgan fingerprint density at radius 2 is 1.82 bits per heavy atom. The van der Waals surface area contributed by atoms with Crippen LogP contribution in [0.3, 0.4) is 0 Å². The Labute approximate surface area is 217 Å². The fourth-order valence-electron chi connectivity index (χ4n) is 3.36. The van der Waals surface area contributed by atoms with Crippen LogP contribution >= 0.6 is 47.0 Å². The smallest absolute Gasteiger partial charge is 0.258 e. The zero-order valence-corrected chi connectivity index (χ0v) is 21.4. The van der Waals surface area contributed by atoms with Crippen LogP contribution in [0, 0.1) is 0 Å². The Balaban J connectivity index is 1.54. The summed E-state index contributed by atoms with van der Waals surface area (Å²) in [6.45, 7) is 4.34. The van der Waals surface area contributed by atoms with Crippen LogP contribution in [0.4, 0.5) is 5.69 Å². The summed E-state index contributed by atoms with van der Waals surface area (Å²) >= 11 is 23.7. The highest BCUT2D eigenvalue weighted by Gasteiger charge is 2.15. The Kier molecular flexibility index (Phi) is 7.43. The van der Waals surface area contributed by atoms with E-state index in [2.05, 4.69) is 41.6 Å². The average Bonchev–Trinajstić information content (AvgIpc) is 3.24. The quantitative estimate of drug-likeness (QED) is 0.254. The summed E-state index contributed by atoms with van der Waals surface area (Å²) in [6.07, 6.45) is 1.04. The highest BCUT2D eigenvalue weighted by molar-refractivity contribution is 7.80. The lowest BCUT2D eigenvalue weighted by Crippen LogP contribution is -2.34. The van der Waals surface area contributed by atoms with Crippen LogP contribution in [0.1, 0.15) is 42.1 Å². The highest BCUT2D eigenvalue weighted by atomic mass is 35.5. The third-order valence-electron chi connectivity index (χ3n) is 5.45. The molecule has 0 saturated carbocycles. The standard InChI is InChI=1S/C25H20Cl3N3O2S/c1-3-13(2)14-5-9-22-21(10-14)29-24(33-22)15-4-7-19(28)20(11-15)30-25(34)31-23(32)17-12-16(26)6-8-18(17)27/h4-13H,3H2,1-2H3,(H2,30,31,32,34)/t13-/m1/s1. The molecular weight excluding hydrogens is 513 g/mol. The zero-order valence-electron chi connectivity index (χ0n) is 18.3. The van der Waals surface area contributed by atoms with Gasteiger partial charge in [0.15, 0.2) is 10.7 Å². The van der Waals surface area contributed by atoms with E-state index >= 15 is 0 Å². The first kappa shape index (κ1) is 24.5. The number of benzene rings is 3. The summed E-state index contributed by atoms with van der Waals surface area (Å²) in [4.78, 5) is 17.2. The van der Waals surface area contributed by atoms with Gasteiger partial charge in [0.05, 0.1) is 21.3 Å². The van der Waals surface area contributed by atoms with E-state index in [-0.39, 0.29) is 15.7 Å². The number of hydrogen-bond donors (Lipinski definition) is 2. The number of nitrogens with one attached hydrogen (secondary N) is 2. The number of anilines is 1. The van der Waals surface area contributed by atoms with Crippen molar-refractivity contribution in [3.05, 3.63) is 80.8 Å². The van der Waals surface area contributed by atoms with Gasteiger partial charge in [-0.1, -0.05) is 54.7 Å². The molecule has 174 valence electrons. The molecule has 0 unspecified atom stereocenters. The molecule has 0 aliphatic heterocycles. The molecule has 0 saturated heterocycles. The van der Waals surface area contributed by atoms with Gasteiger partial charge in [-0.25, -0.2) is 4.98 Å². The number of nitrogens with zero attached hydrogens (tertiary/aromatic N) is 1. The van der Waals surface area contributed by atoms with E-state index < -0.39 is 5.91 Å². The maximum Gasteiger partial charge on any atom is 0.258 e. The molecule has 0 bridgehead atoms. The Morgan fingerprint density at radius 3 is 2.59 bits per heavy atom. The average molecular weight is 533 g/mol. The van der Waals surface area contributed by atoms with Gasteiger partial charge in [0.1, 0.15) is 5.52 Å². The molecule has 0 spiro atoms. The lowest BCUT2D eigenvalue weighted by Gasteiger charge is -2.12. The Hall–Kier alpha value is -2.64. The number of carbonyl (C=O) groups is 1. The van der Waals surface area contributed by atoms with Gasteiger partial charge in [-0.15, -0.1) is 0 Å². The number of rotatable bonds is 5. The molecule has 3 aromatic carbocycles. The van der Waals surface area contributed by atoms with E-state index in [4.69, 9.17) is 51.4 Å². The van der Waals surface area contributed by atoms with Crippen molar-refractivity contribution in [3.8, 4) is 11.5 Å². The Morgan fingerprint density at radius 1 is 1.06 bits per heavy atom. The first-order valence-corrected chi connectivity index (χ1v) is 12.1. The number of thiocarbonyl (C=S) groups is 1. The van der Waals surface area contributed by atoms with Crippen molar-refractivity contribution in [1.82, 2.24) is 10.3 Å². The minimum Gasteiger partial charge on any atom is -0.436 e. The van der Waals surface area contributed by atoms with E-state index in [1.165, 1.54) is 11.6 Å². The van der Waals surface area contributed by atoms with E-state index in [1.807, 2.05) is 6.07 Å². The van der Waals surface area contributed by atoms with Crippen molar-refractivity contribution >= 4 is 74.8 Å². The van der Waals surface area contributed by atoms with Gasteiger partial charge in [-0.05, 0) is 78.7 Å². The van der Waals surface area contributed by atoms with E-state index in [0.717, 1.165) is 11.9 Å². The summed E-state index contributed by atoms with van der Waals surface area (Å²) < 4.78 is 5.96. The molecule has 1 heterocycles. The topological polar surface area (TPSA) is 67.2 Å². The third kappa shape index (κ3) is 5.36. The molecule has 9 heteroatoms. The number of fused-ring (bicyclic) bond motifs is 1. The number of oxazole rings is 1. The van der Waals surface area contributed by atoms with E-state index in [0.29, 0.717) is 38.7 Å². The second kappa shape index (κ2) is 10.3. The van der Waals surface area contributed by atoms with Gasteiger partial charge in [0, 0.05) is 10.6 Å². The highest BCUT2D eigenvalue weighted by Crippen LogP contribution is 2.32. The Bertz CT molecular complexity index is 1400. The van der Waals surface area contributed by atoms with Crippen LogP contribution in [0.5, 0.6) is 0 Å². The molecule has 0 radical (unpaired) electrons. The third-order valence-corrected chi connectivity index (χ3v) is 6.55. The number of carbonyl (C=O) groups excluding carboxylic acids is 1. The second-order valence-corrected chi connectivity index (χ2v) is 9.44. The summed E-state index contributed by atoms with van der Waals surface area (Å²) in [5.41, 5.74) is 4.12. The van der Waals surface area contributed by atoms with E-state index in [9.17, 15) is 4.79 Å². The molecule has 1 aromatic heterocycles. The first-order valence-electron chi connectivity index (χ1n) is 10.5. The lowest BCUT2D eigenvalue weighted by molar-refractivity contribution is 0.0978. The molecule has 4 rings (SSSR count). The predicted octanol–water partition coefficient (Wildman–Crippen LogP) is 8.10. The van der Waals surface area contributed by atoms with Crippen LogP contribution in [-0.4, -0.2) is 16.0 Å².